The average Bonchev–Trinajstić information content (AvgIpc) is 2.94. The molecule has 1 aromatic carbocycles. The first-order chi connectivity index (χ1) is 8.38. The van der Waals surface area contributed by atoms with Gasteiger partial charge in [0.15, 0.2) is 0 Å². The van der Waals surface area contributed by atoms with E-state index in [-0.39, 0.29) is 6.61 Å². The first-order valence-electron chi connectivity index (χ1n) is 5.59. The van der Waals surface area contributed by atoms with Crippen LogP contribution in [0.5, 0.6) is 0 Å². The molecule has 0 spiro atoms. The SMILES string of the molecule is OCc1ccc2c(c1)c1cccc3cnc2n31. The Morgan fingerprint density at radius 3 is 2.94 bits per heavy atom. The fraction of sp³-hybridized carbons (Fsp3) is 0.0714. The summed E-state index contributed by atoms with van der Waals surface area (Å²) in [6.07, 6.45) is 1.89. The van der Waals surface area contributed by atoms with Crippen molar-refractivity contribution in [1.82, 2.24) is 9.38 Å². The van der Waals surface area contributed by atoms with Crippen molar-refractivity contribution in [3.05, 3.63) is 48.2 Å². The van der Waals surface area contributed by atoms with Crippen molar-refractivity contribution in [2.45, 2.75) is 6.61 Å². The van der Waals surface area contributed by atoms with Gasteiger partial charge in [-0.25, -0.2) is 4.98 Å². The summed E-state index contributed by atoms with van der Waals surface area (Å²) in [6, 6.07) is 12.2. The van der Waals surface area contributed by atoms with Crippen molar-refractivity contribution in [2.24, 2.45) is 0 Å². The highest BCUT2D eigenvalue weighted by molar-refractivity contribution is 6.08. The molecule has 0 fully saturated rings. The van der Waals surface area contributed by atoms with Crippen LogP contribution in [0.3, 0.4) is 0 Å². The van der Waals surface area contributed by atoms with Crippen LogP contribution in [-0.2, 0) is 6.61 Å². The topological polar surface area (TPSA) is 37.5 Å². The van der Waals surface area contributed by atoms with Crippen molar-refractivity contribution in [3.63, 3.8) is 0 Å². The number of benzene rings is 1. The number of aliphatic hydroxyl groups is 1. The van der Waals surface area contributed by atoms with E-state index in [1.165, 1.54) is 0 Å². The molecule has 0 aliphatic heterocycles. The summed E-state index contributed by atoms with van der Waals surface area (Å²) < 4.78 is 2.16. The summed E-state index contributed by atoms with van der Waals surface area (Å²) in [4.78, 5) is 4.46. The minimum Gasteiger partial charge on any atom is -0.392 e. The number of hydrogen-bond donors (Lipinski definition) is 1. The van der Waals surface area contributed by atoms with Gasteiger partial charge in [-0.05, 0) is 23.8 Å². The Kier molecular flexibility index (Phi) is 1.56. The third kappa shape index (κ3) is 1.02. The number of aromatic nitrogens is 2. The van der Waals surface area contributed by atoms with Crippen molar-refractivity contribution in [1.29, 1.82) is 0 Å². The second kappa shape index (κ2) is 2.96. The molecule has 0 aliphatic carbocycles. The van der Waals surface area contributed by atoms with Gasteiger partial charge in [0, 0.05) is 10.8 Å². The molecule has 0 amide bonds. The van der Waals surface area contributed by atoms with E-state index in [2.05, 4.69) is 21.5 Å². The maximum absolute atomic E-state index is 9.21. The molecular formula is C14H10N2O. The van der Waals surface area contributed by atoms with Gasteiger partial charge < -0.3 is 5.11 Å². The summed E-state index contributed by atoms with van der Waals surface area (Å²) in [5.74, 6) is 0. The molecule has 3 heteroatoms. The second-order valence-electron chi connectivity index (χ2n) is 4.29. The van der Waals surface area contributed by atoms with Gasteiger partial charge in [-0.1, -0.05) is 18.2 Å². The van der Waals surface area contributed by atoms with E-state index < -0.39 is 0 Å². The molecule has 0 bridgehead atoms. The molecular weight excluding hydrogens is 212 g/mol. The van der Waals surface area contributed by atoms with Crippen LogP contribution in [0.4, 0.5) is 0 Å². The van der Waals surface area contributed by atoms with Gasteiger partial charge in [-0.2, -0.15) is 0 Å². The maximum atomic E-state index is 9.21. The fourth-order valence-corrected chi connectivity index (χ4v) is 2.55. The zero-order chi connectivity index (χ0) is 11.4. The first kappa shape index (κ1) is 8.96. The van der Waals surface area contributed by atoms with E-state index in [9.17, 15) is 5.11 Å². The van der Waals surface area contributed by atoms with Gasteiger partial charge in [0.1, 0.15) is 5.65 Å². The molecule has 0 radical (unpaired) electrons. The third-order valence-corrected chi connectivity index (χ3v) is 3.33. The number of rotatable bonds is 1. The van der Waals surface area contributed by atoms with Gasteiger partial charge >= 0.3 is 0 Å². The molecule has 4 aromatic rings. The Morgan fingerprint density at radius 2 is 2.06 bits per heavy atom. The second-order valence-corrected chi connectivity index (χ2v) is 4.29. The molecule has 1 N–H and O–H groups in total. The molecule has 3 nitrogen and oxygen atoms in total. The van der Waals surface area contributed by atoms with E-state index in [4.69, 9.17) is 0 Å². The van der Waals surface area contributed by atoms with Crippen LogP contribution in [0.1, 0.15) is 5.56 Å². The molecule has 3 aromatic heterocycles. The average molecular weight is 222 g/mol. The smallest absolute Gasteiger partial charge is 0.145 e. The molecule has 0 atom stereocenters. The van der Waals surface area contributed by atoms with Gasteiger partial charge in [0.25, 0.3) is 0 Å². The van der Waals surface area contributed by atoms with Gasteiger partial charge in [-0.15, -0.1) is 0 Å². The van der Waals surface area contributed by atoms with Crippen LogP contribution in [0.15, 0.2) is 42.6 Å². The van der Waals surface area contributed by atoms with Gasteiger partial charge in [0.2, 0.25) is 0 Å². The molecule has 17 heavy (non-hydrogen) atoms. The maximum Gasteiger partial charge on any atom is 0.145 e. The van der Waals surface area contributed by atoms with Crippen LogP contribution in [0.2, 0.25) is 0 Å². The number of aliphatic hydroxyl groups excluding tert-OH is 1. The van der Waals surface area contributed by atoms with Crippen LogP contribution < -0.4 is 0 Å². The fourth-order valence-electron chi connectivity index (χ4n) is 2.55. The third-order valence-electron chi connectivity index (χ3n) is 3.33. The zero-order valence-electron chi connectivity index (χ0n) is 9.09. The van der Waals surface area contributed by atoms with Crippen LogP contribution in [0, 0.1) is 0 Å². The lowest BCUT2D eigenvalue weighted by molar-refractivity contribution is 0.282. The van der Waals surface area contributed by atoms with Gasteiger partial charge in [0.05, 0.1) is 23.8 Å². The lowest BCUT2D eigenvalue weighted by Gasteiger charge is -1.97. The van der Waals surface area contributed by atoms with Crippen LogP contribution >= 0.6 is 0 Å². The Labute approximate surface area is 97.3 Å². The largest absolute Gasteiger partial charge is 0.392 e. The first-order valence-corrected chi connectivity index (χ1v) is 5.59. The summed E-state index contributed by atoms with van der Waals surface area (Å²) >= 11 is 0. The summed E-state index contributed by atoms with van der Waals surface area (Å²) in [7, 11) is 0. The zero-order valence-corrected chi connectivity index (χ0v) is 9.09. The van der Waals surface area contributed by atoms with E-state index in [1.807, 2.05) is 30.5 Å². The number of hydrogen-bond acceptors (Lipinski definition) is 2. The monoisotopic (exact) mass is 222 g/mol. The highest BCUT2D eigenvalue weighted by Crippen LogP contribution is 2.30. The van der Waals surface area contributed by atoms with E-state index >= 15 is 0 Å². The Bertz CT molecular complexity index is 832. The number of imidazole rings is 1. The molecule has 0 saturated carbocycles. The van der Waals surface area contributed by atoms with Crippen LogP contribution in [0.25, 0.3) is 27.5 Å². The molecule has 3 heterocycles. The molecule has 82 valence electrons. The number of fused-ring (bicyclic) bond motifs is 3. The lowest BCUT2D eigenvalue weighted by atomic mass is 10.1. The molecule has 4 rings (SSSR count). The number of pyridine rings is 1. The Hall–Kier alpha value is -2.13. The predicted octanol–water partition coefficient (Wildman–Crippen LogP) is 2.57. The lowest BCUT2D eigenvalue weighted by Crippen LogP contribution is -1.81. The van der Waals surface area contributed by atoms with Crippen molar-refractivity contribution >= 4 is 27.5 Å². The standard InChI is InChI=1S/C14H10N2O/c17-8-9-4-5-11-12(6-9)13-3-1-2-10-7-15-14(11)16(10)13/h1-7,17H,8H2. The Balaban J connectivity index is 2.33. The normalized spacial score (nSPS) is 12.1. The summed E-state index contributed by atoms with van der Waals surface area (Å²) in [5.41, 5.74) is 4.20. The summed E-state index contributed by atoms with van der Waals surface area (Å²) in [5, 5.41) is 11.5. The predicted molar refractivity (Wildman–Crippen MR) is 67.3 cm³/mol. The minimum atomic E-state index is 0.0750. The highest BCUT2D eigenvalue weighted by atomic mass is 16.3. The molecule has 0 aliphatic rings. The van der Waals surface area contributed by atoms with Crippen molar-refractivity contribution < 1.29 is 5.11 Å². The summed E-state index contributed by atoms with van der Waals surface area (Å²) in [6.45, 7) is 0.0750. The number of nitrogens with zero attached hydrogens (tertiary/aromatic N) is 2. The molecule has 0 unspecified atom stereocenters. The van der Waals surface area contributed by atoms with Crippen molar-refractivity contribution in [2.75, 3.05) is 0 Å². The Morgan fingerprint density at radius 1 is 1.12 bits per heavy atom. The minimum absolute atomic E-state index is 0.0750. The van der Waals surface area contributed by atoms with Crippen LogP contribution in [-0.4, -0.2) is 14.5 Å². The highest BCUT2D eigenvalue weighted by Gasteiger charge is 2.12. The van der Waals surface area contributed by atoms with E-state index in [0.717, 1.165) is 33.0 Å². The van der Waals surface area contributed by atoms with Crippen molar-refractivity contribution in [3.8, 4) is 0 Å². The van der Waals surface area contributed by atoms with E-state index in [0.29, 0.717) is 0 Å². The van der Waals surface area contributed by atoms with Gasteiger partial charge in [-0.3, -0.25) is 4.40 Å². The quantitative estimate of drug-likeness (QED) is 0.537. The molecule has 0 saturated heterocycles. The van der Waals surface area contributed by atoms with E-state index in [1.54, 1.807) is 0 Å².